The Hall–Kier alpha value is -1.42. The Kier molecular flexibility index (Phi) is 2.45. The normalized spacial score (nSPS) is 10.4. The molecule has 1 aromatic carbocycles. The van der Waals surface area contributed by atoms with Crippen LogP contribution < -0.4 is 0 Å². The van der Waals surface area contributed by atoms with E-state index in [1.807, 2.05) is 29.9 Å². The second-order valence-corrected chi connectivity index (χ2v) is 3.96. The SMILES string of the molecule is Cn1ccnc1Sc1ccc(O)cc1. The lowest BCUT2D eigenvalue weighted by Gasteiger charge is -2.01. The maximum atomic E-state index is 9.11. The summed E-state index contributed by atoms with van der Waals surface area (Å²) in [4.78, 5) is 5.26. The molecule has 14 heavy (non-hydrogen) atoms. The van der Waals surface area contributed by atoms with E-state index >= 15 is 0 Å². The number of benzene rings is 1. The number of aromatic nitrogens is 2. The third-order valence-electron chi connectivity index (χ3n) is 1.82. The van der Waals surface area contributed by atoms with Crippen LogP contribution in [0.5, 0.6) is 5.75 Å². The van der Waals surface area contributed by atoms with Gasteiger partial charge in [0.2, 0.25) is 0 Å². The van der Waals surface area contributed by atoms with Crippen LogP contribution in [0.15, 0.2) is 46.7 Å². The minimum absolute atomic E-state index is 0.286. The molecule has 0 fully saturated rings. The number of hydrogen-bond acceptors (Lipinski definition) is 3. The van der Waals surface area contributed by atoms with Gasteiger partial charge in [-0.2, -0.15) is 0 Å². The monoisotopic (exact) mass is 206 g/mol. The Bertz CT molecular complexity index is 422. The van der Waals surface area contributed by atoms with Crippen molar-refractivity contribution in [1.29, 1.82) is 0 Å². The van der Waals surface area contributed by atoms with Crippen LogP contribution in [0.2, 0.25) is 0 Å². The van der Waals surface area contributed by atoms with Gasteiger partial charge in [-0.3, -0.25) is 0 Å². The molecule has 2 aromatic rings. The summed E-state index contributed by atoms with van der Waals surface area (Å²) in [6, 6.07) is 7.08. The second-order valence-electron chi connectivity index (χ2n) is 2.92. The summed E-state index contributed by atoms with van der Waals surface area (Å²) in [6.07, 6.45) is 3.67. The molecule has 0 bridgehead atoms. The number of nitrogens with zero attached hydrogens (tertiary/aromatic N) is 2. The van der Waals surface area contributed by atoms with Crippen molar-refractivity contribution in [2.75, 3.05) is 0 Å². The minimum atomic E-state index is 0.286. The summed E-state index contributed by atoms with van der Waals surface area (Å²) in [5, 5.41) is 10.0. The van der Waals surface area contributed by atoms with E-state index in [1.54, 1.807) is 30.1 Å². The molecule has 0 saturated carbocycles. The molecule has 4 heteroatoms. The summed E-state index contributed by atoms with van der Waals surface area (Å²) in [5.41, 5.74) is 0. The summed E-state index contributed by atoms with van der Waals surface area (Å²) < 4.78 is 1.96. The smallest absolute Gasteiger partial charge is 0.172 e. The first-order chi connectivity index (χ1) is 6.75. The van der Waals surface area contributed by atoms with Crippen molar-refractivity contribution < 1.29 is 5.11 Å². The molecule has 1 N–H and O–H groups in total. The number of rotatable bonds is 2. The van der Waals surface area contributed by atoms with Crippen LogP contribution in [0.25, 0.3) is 0 Å². The van der Waals surface area contributed by atoms with Crippen LogP contribution in [0, 0.1) is 0 Å². The maximum Gasteiger partial charge on any atom is 0.172 e. The topological polar surface area (TPSA) is 38.0 Å². The largest absolute Gasteiger partial charge is 0.508 e. The zero-order valence-corrected chi connectivity index (χ0v) is 8.53. The van der Waals surface area contributed by atoms with Crippen LogP contribution in [0.4, 0.5) is 0 Å². The third-order valence-corrected chi connectivity index (χ3v) is 2.91. The predicted molar refractivity (Wildman–Crippen MR) is 55.4 cm³/mol. The van der Waals surface area contributed by atoms with E-state index < -0.39 is 0 Å². The molecular formula is C10H10N2OS. The van der Waals surface area contributed by atoms with Crippen molar-refractivity contribution in [3.8, 4) is 5.75 Å². The fourth-order valence-electron chi connectivity index (χ4n) is 1.07. The molecular weight excluding hydrogens is 196 g/mol. The van der Waals surface area contributed by atoms with Crippen LogP contribution in [0.3, 0.4) is 0 Å². The molecule has 72 valence electrons. The average molecular weight is 206 g/mol. The molecule has 0 atom stereocenters. The molecule has 2 rings (SSSR count). The van der Waals surface area contributed by atoms with Gasteiger partial charge in [0.25, 0.3) is 0 Å². The zero-order valence-electron chi connectivity index (χ0n) is 7.71. The lowest BCUT2D eigenvalue weighted by Crippen LogP contribution is -1.87. The first kappa shape index (κ1) is 9.15. The lowest BCUT2D eigenvalue weighted by atomic mass is 10.3. The fraction of sp³-hybridized carbons (Fsp3) is 0.100. The molecule has 3 nitrogen and oxygen atoms in total. The minimum Gasteiger partial charge on any atom is -0.508 e. The van der Waals surface area contributed by atoms with E-state index in [4.69, 9.17) is 5.11 Å². The number of aryl methyl sites for hydroxylation is 1. The van der Waals surface area contributed by atoms with Gasteiger partial charge in [0.15, 0.2) is 5.16 Å². The molecule has 0 amide bonds. The van der Waals surface area contributed by atoms with E-state index in [1.165, 1.54) is 0 Å². The van der Waals surface area contributed by atoms with Crippen molar-refractivity contribution in [2.24, 2.45) is 7.05 Å². The predicted octanol–water partition coefficient (Wildman–Crippen LogP) is 2.28. The number of imidazole rings is 1. The Labute approximate surface area is 86.4 Å². The molecule has 0 spiro atoms. The van der Waals surface area contributed by atoms with E-state index in [-0.39, 0.29) is 5.75 Å². The Balaban J connectivity index is 2.19. The molecule has 0 aliphatic rings. The number of hydrogen-bond donors (Lipinski definition) is 1. The van der Waals surface area contributed by atoms with E-state index in [2.05, 4.69) is 4.98 Å². The fourth-order valence-corrected chi connectivity index (χ4v) is 1.87. The second kappa shape index (κ2) is 3.75. The van der Waals surface area contributed by atoms with Gasteiger partial charge in [-0.15, -0.1) is 0 Å². The summed E-state index contributed by atoms with van der Waals surface area (Å²) in [6.45, 7) is 0. The van der Waals surface area contributed by atoms with Crippen molar-refractivity contribution in [2.45, 2.75) is 10.1 Å². The number of phenolic OH excluding ortho intramolecular Hbond substituents is 1. The number of phenols is 1. The average Bonchev–Trinajstić information content (AvgIpc) is 2.56. The van der Waals surface area contributed by atoms with Gasteiger partial charge in [0, 0.05) is 24.3 Å². The van der Waals surface area contributed by atoms with Crippen LogP contribution >= 0.6 is 11.8 Å². The van der Waals surface area contributed by atoms with E-state index in [9.17, 15) is 0 Å². The molecule has 0 unspecified atom stereocenters. The van der Waals surface area contributed by atoms with Gasteiger partial charge in [-0.25, -0.2) is 4.98 Å². The van der Waals surface area contributed by atoms with Gasteiger partial charge in [0.05, 0.1) is 0 Å². The van der Waals surface area contributed by atoms with Gasteiger partial charge >= 0.3 is 0 Å². The molecule has 0 aliphatic heterocycles. The highest BCUT2D eigenvalue weighted by Crippen LogP contribution is 2.26. The number of aromatic hydroxyl groups is 1. The van der Waals surface area contributed by atoms with E-state index in [0.717, 1.165) is 10.1 Å². The van der Waals surface area contributed by atoms with Crippen LogP contribution in [-0.4, -0.2) is 14.7 Å². The van der Waals surface area contributed by atoms with Crippen molar-refractivity contribution >= 4 is 11.8 Å². The molecule has 0 aliphatic carbocycles. The molecule has 0 radical (unpaired) electrons. The zero-order chi connectivity index (χ0) is 9.97. The van der Waals surface area contributed by atoms with Gasteiger partial charge in [-0.05, 0) is 24.3 Å². The Morgan fingerprint density at radius 2 is 2.00 bits per heavy atom. The first-order valence-corrected chi connectivity index (χ1v) is 5.01. The highest BCUT2D eigenvalue weighted by molar-refractivity contribution is 7.99. The lowest BCUT2D eigenvalue weighted by molar-refractivity contribution is 0.475. The van der Waals surface area contributed by atoms with Crippen molar-refractivity contribution in [3.05, 3.63) is 36.7 Å². The summed E-state index contributed by atoms with van der Waals surface area (Å²) >= 11 is 1.57. The van der Waals surface area contributed by atoms with Gasteiger partial charge in [0.1, 0.15) is 5.75 Å². The summed E-state index contributed by atoms with van der Waals surface area (Å²) in [7, 11) is 1.95. The highest BCUT2D eigenvalue weighted by atomic mass is 32.2. The maximum absolute atomic E-state index is 9.11. The van der Waals surface area contributed by atoms with Crippen molar-refractivity contribution in [3.63, 3.8) is 0 Å². The Morgan fingerprint density at radius 1 is 1.29 bits per heavy atom. The summed E-state index contributed by atoms with van der Waals surface area (Å²) in [5.74, 6) is 0.286. The van der Waals surface area contributed by atoms with Gasteiger partial charge in [-0.1, -0.05) is 11.8 Å². The van der Waals surface area contributed by atoms with Crippen LogP contribution in [0.1, 0.15) is 0 Å². The Morgan fingerprint density at radius 3 is 2.57 bits per heavy atom. The van der Waals surface area contributed by atoms with E-state index in [0.29, 0.717) is 0 Å². The third kappa shape index (κ3) is 1.90. The highest BCUT2D eigenvalue weighted by Gasteiger charge is 2.01. The van der Waals surface area contributed by atoms with Crippen molar-refractivity contribution in [1.82, 2.24) is 9.55 Å². The first-order valence-electron chi connectivity index (χ1n) is 4.20. The molecule has 1 aromatic heterocycles. The standard InChI is InChI=1S/C10H10N2OS/c1-12-7-6-11-10(12)14-9-4-2-8(13)3-5-9/h2-7,13H,1H3. The molecule has 0 saturated heterocycles. The molecule has 1 heterocycles. The van der Waals surface area contributed by atoms with Gasteiger partial charge < -0.3 is 9.67 Å². The quantitative estimate of drug-likeness (QED) is 0.819. The van der Waals surface area contributed by atoms with Crippen LogP contribution in [-0.2, 0) is 7.05 Å².